The van der Waals surface area contributed by atoms with Gasteiger partial charge in [-0.1, -0.05) is 67.3 Å². The van der Waals surface area contributed by atoms with Crippen LogP contribution in [0.15, 0.2) is 61.2 Å². The quantitative estimate of drug-likeness (QED) is 0.917. The highest BCUT2D eigenvalue weighted by molar-refractivity contribution is 5.88. The summed E-state index contributed by atoms with van der Waals surface area (Å²) in [6.45, 7) is 4.03. The molecule has 0 aliphatic carbocycles. The first kappa shape index (κ1) is 13.7. The summed E-state index contributed by atoms with van der Waals surface area (Å²) in [5, 5.41) is 8.04. The van der Waals surface area contributed by atoms with Gasteiger partial charge in [0.2, 0.25) is 0 Å². The molecule has 0 saturated carbocycles. The summed E-state index contributed by atoms with van der Waals surface area (Å²) in [5.41, 5.74) is 3.44. The highest BCUT2D eigenvalue weighted by atomic mass is 16.7. The standard InChI is InChI=1S/C18H17NO2/c1-2-13-8-10-15(11-9-13)18-20-12-16(19)17(21-18)14-6-4-3-5-7-14/h2-11,17-19H,1,12H2. The Morgan fingerprint density at radius 1 is 1.00 bits per heavy atom. The third kappa shape index (κ3) is 2.94. The summed E-state index contributed by atoms with van der Waals surface area (Å²) in [6, 6.07) is 17.7. The third-order valence-corrected chi connectivity index (χ3v) is 3.51. The molecule has 0 spiro atoms. The van der Waals surface area contributed by atoms with Gasteiger partial charge < -0.3 is 14.9 Å². The Bertz CT molecular complexity index is 634. The molecule has 1 heterocycles. The lowest BCUT2D eigenvalue weighted by Gasteiger charge is -2.31. The van der Waals surface area contributed by atoms with Gasteiger partial charge in [-0.3, -0.25) is 0 Å². The molecule has 2 aromatic carbocycles. The molecule has 3 heteroatoms. The highest BCUT2D eigenvalue weighted by Crippen LogP contribution is 2.32. The number of hydrogen-bond donors (Lipinski definition) is 1. The van der Waals surface area contributed by atoms with Gasteiger partial charge in [0.1, 0.15) is 6.10 Å². The minimum absolute atomic E-state index is 0.285. The van der Waals surface area contributed by atoms with E-state index in [1.165, 1.54) is 0 Å². The Kier molecular flexibility index (Phi) is 3.95. The summed E-state index contributed by atoms with van der Waals surface area (Å²) in [4.78, 5) is 0. The van der Waals surface area contributed by atoms with Crippen molar-refractivity contribution in [2.24, 2.45) is 0 Å². The number of rotatable bonds is 3. The van der Waals surface area contributed by atoms with Gasteiger partial charge in [-0.2, -0.15) is 0 Å². The Balaban J connectivity index is 1.82. The van der Waals surface area contributed by atoms with E-state index in [9.17, 15) is 0 Å². The maximum atomic E-state index is 8.04. The van der Waals surface area contributed by atoms with Crippen LogP contribution in [0.5, 0.6) is 0 Å². The Hall–Kier alpha value is -2.23. The lowest BCUT2D eigenvalue weighted by atomic mass is 10.0. The van der Waals surface area contributed by atoms with Crippen LogP contribution in [0.25, 0.3) is 6.08 Å². The molecule has 0 radical (unpaired) electrons. The molecule has 2 aromatic rings. The zero-order valence-electron chi connectivity index (χ0n) is 11.7. The number of benzene rings is 2. The van der Waals surface area contributed by atoms with E-state index in [2.05, 4.69) is 6.58 Å². The second kappa shape index (κ2) is 6.04. The van der Waals surface area contributed by atoms with Crippen LogP contribution in [0.2, 0.25) is 0 Å². The second-order valence-corrected chi connectivity index (χ2v) is 4.97. The van der Waals surface area contributed by atoms with Crippen LogP contribution in [0.1, 0.15) is 29.1 Å². The summed E-state index contributed by atoms with van der Waals surface area (Å²) >= 11 is 0. The molecular weight excluding hydrogens is 262 g/mol. The topological polar surface area (TPSA) is 42.3 Å². The molecule has 21 heavy (non-hydrogen) atoms. The first-order chi connectivity index (χ1) is 10.3. The van der Waals surface area contributed by atoms with E-state index < -0.39 is 6.29 Å². The summed E-state index contributed by atoms with van der Waals surface area (Å²) in [7, 11) is 0. The minimum atomic E-state index is -0.442. The highest BCUT2D eigenvalue weighted by Gasteiger charge is 2.29. The Morgan fingerprint density at radius 2 is 1.71 bits per heavy atom. The van der Waals surface area contributed by atoms with Crippen LogP contribution in [0.4, 0.5) is 0 Å². The van der Waals surface area contributed by atoms with Crippen molar-refractivity contribution >= 4 is 11.8 Å². The number of nitrogens with one attached hydrogen (secondary N) is 1. The maximum absolute atomic E-state index is 8.04. The molecule has 3 nitrogen and oxygen atoms in total. The molecular formula is C18H17NO2. The molecule has 2 unspecified atom stereocenters. The Morgan fingerprint density at radius 3 is 2.38 bits per heavy atom. The number of hydrogen-bond acceptors (Lipinski definition) is 3. The van der Waals surface area contributed by atoms with Crippen molar-refractivity contribution in [2.75, 3.05) is 6.61 Å². The van der Waals surface area contributed by atoms with Crippen LogP contribution in [-0.2, 0) is 9.47 Å². The maximum Gasteiger partial charge on any atom is 0.185 e. The van der Waals surface area contributed by atoms with Gasteiger partial charge >= 0.3 is 0 Å². The van der Waals surface area contributed by atoms with Gasteiger partial charge in [-0.25, -0.2) is 0 Å². The average molecular weight is 279 g/mol. The van der Waals surface area contributed by atoms with Gasteiger partial charge in [0, 0.05) is 5.56 Å². The van der Waals surface area contributed by atoms with E-state index in [1.54, 1.807) is 6.08 Å². The second-order valence-electron chi connectivity index (χ2n) is 4.97. The third-order valence-electron chi connectivity index (χ3n) is 3.51. The largest absolute Gasteiger partial charge is 0.342 e. The lowest BCUT2D eigenvalue weighted by Crippen LogP contribution is -2.30. The van der Waals surface area contributed by atoms with Gasteiger partial charge in [-0.05, 0) is 11.1 Å². The zero-order valence-corrected chi connectivity index (χ0v) is 11.7. The van der Waals surface area contributed by atoms with Crippen molar-refractivity contribution in [1.29, 1.82) is 5.41 Å². The molecule has 1 saturated heterocycles. The lowest BCUT2D eigenvalue weighted by molar-refractivity contribution is -0.173. The fourth-order valence-corrected chi connectivity index (χ4v) is 2.36. The van der Waals surface area contributed by atoms with E-state index in [4.69, 9.17) is 14.9 Å². The molecule has 106 valence electrons. The van der Waals surface area contributed by atoms with Crippen LogP contribution in [-0.4, -0.2) is 12.3 Å². The van der Waals surface area contributed by atoms with E-state index >= 15 is 0 Å². The zero-order chi connectivity index (χ0) is 14.7. The molecule has 0 amide bonds. The summed E-state index contributed by atoms with van der Waals surface area (Å²) < 4.78 is 11.6. The molecule has 1 fully saturated rings. The fraction of sp³-hybridized carbons (Fsp3) is 0.167. The van der Waals surface area contributed by atoms with Crippen molar-refractivity contribution in [1.82, 2.24) is 0 Å². The molecule has 1 aliphatic heterocycles. The molecule has 2 atom stereocenters. The van der Waals surface area contributed by atoms with E-state index in [0.717, 1.165) is 16.7 Å². The summed E-state index contributed by atoms with van der Waals surface area (Å²) in [5.74, 6) is 0. The molecule has 3 rings (SSSR count). The van der Waals surface area contributed by atoms with Gasteiger partial charge in [0.15, 0.2) is 6.29 Å². The van der Waals surface area contributed by atoms with E-state index in [1.807, 2.05) is 54.6 Å². The normalized spacial score (nSPS) is 22.0. The smallest absolute Gasteiger partial charge is 0.185 e. The first-order valence-corrected chi connectivity index (χ1v) is 6.89. The van der Waals surface area contributed by atoms with Gasteiger partial charge in [-0.15, -0.1) is 0 Å². The minimum Gasteiger partial charge on any atom is -0.342 e. The van der Waals surface area contributed by atoms with Crippen LogP contribution in [0, 0.1) is 5.41 Å². The van der Waals surface area contributed by atoms with Gasteiger partial charge in [0.05, 0.1) is 12.3 Å². The van der Waals surface area contributed by atoms with Crippen LogP contribution >= 0.6 is 0 Å². The van der Waals surface area contributed by atoms with E-state index in [-0.39, 0.29) is 12.7 Å². The van der Waals surface area contributed by atoms with Crippen molar-refractivity contribution in [3.63, 3.8) is 0 Å². The predicted molar refractivity (Wildman–Crippen MR) is 83.2 cm³/mol. The number of ether oxygens (including phenoxy) is 2. The van der Waals surface area contributed by atoms with Crippen molar-refractivity contribution in [3.8, 4) is 0 Å². The molecule has 1 aliphatic rings. The fourth-order valence-electron chi connectivity index (χ4n) is 2.36. The first-order valence-electron chi connectivity index (χ1n) is 6.89. The Labute approximate surface area is 124 Å². The summed E-state index contributed by atoms with van der Waals surface area (Å²) in [6.07, 6.45) is 1.02. The van der Waals surface area contributed by atoms with Crippen LogP contribution < -0.4 is 0 Å². The van der Waals surface area contributed by atoms with Crippen molar-refractivity contribution in [3.05, 3.63) is 77.9 Å². The van der Waals surface area contributed by atoms with Gasteiger partial charge in [0.25, 0.3) is 0 Å². The van der Waals surface area contributed by atoms with Crippen molar-refractivity contribution in [2.45, 2.75) is 12.4 Å². The molecule has 0 bridgehead atoms. The average Bonchev–Trinajstić information content (AvgIpc) is 2.56. The molecule has 1 N–H and O–H groups in total. The van der Waals surface area contributed by atoms with Crippen molar-refractivity contribution < 1.29 is 9.47 Å². The van der Waals surface area contributed by atoms with E-state index in [0.29, 0.717) is 5.71 Å². The SMILES string of the molecule is C=Cc1ccc(C2OCC(=N)C(c3ccccc3)O2)cc1. The van der Waals surface area contributed by atoms with Crippen LogP contribution in [0.3, 0.4) is 0 Å². The predicted octanol–water partition coefficient (Wildman–Crippen LogP) is 4.14. The molecule has 0 aromatic heterocycles. The monoisotopic (exact) mass is 279 g/mol.